The summed E-state index contributed by atoms with van der Waals surface area (Å²) in [5, 5.41) is 0. The molecule has 0 aliphatic heterocycles. The van der Waals surface area contributed by atoms with Crippen LogP contribution in [0.2, 0.25) is 0 Å². The van der Waals surface area contributed by atoms with Gasteiger partial charge in [0.1, 0.15) is 0 Å². The summed E-state index contributed by atoms with van der Waals surface area (Å²) in [6, 6.07) is 0. The van der Waals surface area contributed by atoms with E-state index in [1.165, 1.54) is 32.1 Å². The van der Waals surface area contributed by atoms with Gasteiger partial charge in [0.25, 0.3) is 0 Å². The first-order valence-corrected chi connectivity index (χ1v) is 4.96. The van der Waals surface area contributed by atoms with Gasteiger partial charge in [-0.15, -0.1) is 0 Å². The third kappa shape index (κ3) is 1.77. The molecule has 1 atom stereocenters. The monoisotopic (exact) mass is 152 g/mol. The van der Waals surface area contributed by atoms with Gasteiger partial charge in [-0.25, -0.2) is 0 Å². The topological polar surface area (TPSA) is 0 Å². The molecule has 1 saturated carbocycles. The largest absolute Gasteiger partial charge is 0.0648 e. The predicted molar refractivity (Wildman–Crippen MR) is 49.3 cm³/mol. The third-order valence-electron chi connectivity index (χ3n) is 3.26. The van der Waals surface area contributed by atoms with Crippen LogP contribution in [-0.2, 0) is 0 Å². The molecule has 0 amide bonds. The van der Waals surface area contributed by atoms with Crippen LogP contribution in [-0.4, -0.2) is 0 Å². The summed E-state index contributed by atoms with van der Waals surface area (Å²) in [5.41, 5.74) is 0.470. The quantitative estimate of drug-likeness (QED) is 0.566. The number of hydrogen-bond donors (Lipinski definition) is 0. The lowest BCUT2D eigenvalue weighted by Crippen LogP contribution is -2.29. The molecule has 0 aromatic carbocycles. The van der Waals surface area contributed by atoms with Crippen LogP contribution in [0.15, 0.2) is 0 Å². The van der Waals surface area contributed by atoms with E-state index in [1.807, 2.05) is 0 Å². The summed E-state index contributed by atoms with van der Waals surface area (Å²) in [6.07, 6.45) is 10.4. The molecule has 0 nitrogen and oxygen atoms in total. The molecule has 0 spiro atoms. The third-order valence-corrected chi connectivity index (χ3v) is 3.26. The Hall–Kier alpha value is 0. The minimum absolute atomic E-state index is 0.470. The van der Waals surface area contributed by atoms with E-state index in [-0.39, 0.29) is 0 Å². The normalized spacial score (nSPS) is 24.0. The van der Waals surface area contributed by atoms with Gasteiger partial charge in [0.15, 0.2) is 0 Å². The van der Waals surface area contributed by atoms with Crippen molar-refractivity contribution in [2.75, 3.05) is 0 Å². The standard InChI is InChI=1S/C11H20/c1-4-11(10(2)3)8-6-5-7-9-11/h10H,4-8H2,1-3H3. The van der Waals surface area contributed by atoms with Crippen molar-refractivity contribution in [3.05, 3.63) is 6.42 Å². The van der Waals surface area contributed by atoms with Gasteiger partial charge in [0, 0.05) is 0 Å². The average Bonchev–Trinajstić information content (AvgIpc) is 2.05. The lowest BCUT2D eigenvalue weighted by Gasteiger charge is -2.39. The minimum atomic E-state index is 0.470. The van der Waals surface area contributed by atoms with Crippen molar-refractivity contribution in [2.45, 2.75) is 52.9 Å². The van der Waals surface area contributed by atoms with Crippen LogP contribution in [0, 0.1) is 17.8 Å². The molecule has 0 heteroatoms. The maximum absolute atomic E-state index is 3.68. The fourth-order valence-corrected chi connectivity index (χ4v) is 2.19. The first kappa shape index (κ1) is 9.09. The zero-order valence-electron chi connectivity index (χ0n) is 8.11. The van der Waals surface area contributed by atoms with E-state index in [9.17, 15) is 0 Å². The van der Waals surface area contributed by atoms with Crippen LogP contribution in [0.4, 0.5) is 0 Å². The van der Waals surface area contributed by atoms with Gasteiger partial charge in [0.2, 0.25) is 0 Å². The van der Waals surface area contributed by atoms with Crippen LogP contribution in [0.5, 0.6) is 0 Å². The Labute approximate surface area is 71.4 Å². The van der Waals surface area contributed by atoms with Crippen molar-refractivity contribution in [3.63, 3.8) is 0 Å². The first-order chi connectivity index (χ1) is 5.21. The van der Waals surface area contributed by atoms with Crippen LogP contribution in [0.25, 0.3) is 0 Å². The molecule has 64 valence electrons. The number of hydrogen-bond acceptors (Lipinski definition) is 0. The Morgan fingerprint density at radius 2 is 2.09 bits per heavy atom. The van der Waals surface area contributed by atoms with Gasteiger partial charge in [-0.3, -0.25) is 0 Å². The molecule has 0 heterocycles. The second-order valence-electron chi connectivity index (χ2n) is 4.05. The van der Waals surface area contributed by atoms with Crippen molar-refractivity contribution >= 4 is 0 Å². The summed E-state index contributed by atoms with van der Waals surface area (Å²) in [5.74, 6) is 0.785. The molecule has 1 rings (SSSR count). The van der Waals surface area contributed by atoms with Gasteiger partial charge in [-0.05, 0) is 37.0 Å². The molecular formula is C11H20. The molecule has 0 bridgehead atoms. The van der Waals surface area contributed by atoms with Crippen molar-refractivity contribution in [1.82, 2.24) is 0 Å². The Kier molecular flexibility index (Phi) is 2.98. The van der Waals surface area contributed by atoms with E-state index >= 15 is 0 Å². The summed E-state index contributed by atoms with van der Waals surface area (Å²) < 4.78 is 0. The molecule has 0 saturated heterocycles. The lowest BCUT2D eigenvalue weighted by molar-refractivity contribution is 0.174. The highest BCUT2D eigenvalue weighted by Gasteiger charge is 2.33. The Morgan fingerprint density at radius 1 is 1.36 bits per heavy atom. The van der Waals surface area contributed by atoms with Crippen LogP contribution >= 0.6 is 0 Å². The lowest BCUT2D eigenvalue weighted by atomic mass is 9.65. The van der Waals surface area contributed by atoms with E-state index in [1.54, 1.807) is 0 Å². The summed E-state index contributed by atoms with van der Waals surface area (Å²) in [7, 11) is 0. The highest BCUT2D eigenvalue weighted by molar-refractivity contribution is 4.96. The highest BCUT2D eigenvalue weighted by Crippen LogP contribution is 2.44. The van der Waals surface area contributed by atoms with E-state index in [4.69, 9.17) is 0 Å². The van der Waals surface area contributed by atoms with Crippen molar-refractivity contribution in [1.29, 1.82) is 0 Å². The molecular weight excluding hydrogens is 132 g/mol. The van der Waals surface area contributed by atoms with Crippen molar-refractivity contribution in [3.8, 4) is 0 Å². The molecule has 0 aromatic heterocycles. The van der Waals surface area contributed by atoms with E-state index < -0.39 is 0 Å². The smallest absolute Gasteiger partial charge is 0.0103 e. The molecule has 0 aromatic rings. The zero-order chi connectivity index (χ0) is 8.32. The maximum Gasteiger partial charge on any atom is -0.0103 e. The molecule has 1 unspecified atom stereocenters. The van der Waals surface area contributed by atoms with Crippen LogP contribution in [0.1, 0.15) is 52.9 Å². The molecule has 1 fully saturated rings. The minimum Gasteiger partial charge on any atom is -0.0648 e. The Morgan fingerprint density at radius 3 is 2.36 bits per heavy atom. The fraction of sp³-hybridized carbons (Fsp3) is 0.909. The average molecular weight is 152 g/mol. The first-order valence-electron chi connectivity index (χ1n) is 4.96. The van der Waals surface area contributed by atoms with Crippen molar-refractivity contribution in [2.24, 2.45) is 11.3 Å². The fourth-order valence-electron chi connectivity index (χ4n) is 2.19. The molecule has 11 heavy (non-hydrogen) atoms. The van der Waals surface area contributed by atoms with E-state index in [0.717, 1.165) is 5.92 Å². The maximum atomic E-state index is 3.68. The SMILES string of the molecule is CCC1(C(C)C)[C]CCCC1. The Bertz CT molecular complexity index is 107. The zero-order valence-corrected chi connectivity index (χ0v) is 8.11. The van der Waals surface area contributed by atoms with Crippen LogP contribution in [0.3, 0.4) is 0 Å². The summed E-state index contributed by atoms with van der Waals surface area (Å²) in [6.45, 7) is 6.97. The summed E-state index contributed by atoms with van der Waals surface area (Å²) >= 11 is 0. The Balaban J connectivity index is 2.57. The molecule has 2 radical (unpaired) electrons. The van der Waals surface area contributed by atoms with Gasteiger partial charge in [0.05, 0.1) is 0 Å². The highest BCUT2D eigenvalue weighted by atomic mass is 14.4. The molecule has 0 N–H and O–H groups in total. The van der Waals surface area contributed by atoms with E-state index in [2.05, 4.69) is 27.2 Å². The number of rotatable bonds is 2. The van der Waals surface area contributed by atoms with Gasteiger partial charge >= 0.3 is 0 Å². The summed E-state index contributed by atoms with van der Waals surface area (Å²) in [4.78, 5) is 0. The second-order valence-corrected chi connectivity index (χ2v) is 4.05. The van der Waals surface area contributed by atoms with E-state index in [0.29, 0.717) is 5.41 Å². The van der Waals surface area contributed by atoms with Gasteiger partial charge in [-0.2, -0.15) is 0 Å². The van der Waals surface area contributed by atoms with Gasteiger partial charge < -0.3 is 0 Å². The molecule has 1 aliphatic rings. The second kappa shape index (κ2) is 3.60. The van der Waals surface area contributed by atoms with Crippen molar-refractivity contribution < 1.29 is 0 Å². The van der Waals surface area contributed by atoms with Gasteiger partial charge in [-0.1, -0.05) is 33.6 Å². The van der Waals surface area contributed by atoms with Crippen LogP contribution < -0.4 is 0 Å². The predicted octanol–water partition coefficient (Wildman–Crippen LogP) is 3.69. The molecule has 1 aliphatic carbocycles.